The number of hydrogen-bond acceptors (Lipinski definition) is 4. The highest BCUT2D eigenvalue weighted by Gasteiger charge is 2.15. The maximum absolute atomic E-state index is 8.64. The van der Waals surface area contributed by atoms with E-state index >= 15 is 0 Å². The zero-order chi connectivity index (χ0) is 9.97. The lowest BCUT2D eigenvalue weighted by Gasteiger charge is -2.09. The third-order valence-corrected chi connectivity index (χ3v) is 2.36. The maximum Gasteiger partial charge on any atom is 0.123 e. The minimum absolute atomic E-state index is 0.361. The van der Waals surface area contributed by atoms with Crippen LogP contribution < -0.4 is 15.0 Å². The van der Waals surface area contributed by atoms with Crippen molar-refractivity contribution in [3.8, 4) is 11.5 Å². The fraction of sp³-hybridized carbons (Fsp3) is 0.400. The fourth-order valence-electron chi connectivity index (χ4n) is 1.66. The normalized spacial score (nSPS) is 13.6. The summed E-state index contributed by atoms with van der Waals surface area (Å²) in [5.41, 5.74) is 4.18. The molecule has 0 aliphatic carbocycles. The monoisotopic (exact) mass is 195 g/mol. The highest BCUT2D eigenvalue weighted by Crippen LogP contribution is 2.32. The van der Waals surface area contributed by atoms with Crippen LogP contribution in [0.2, 0.25) is 0 Å². The molecule has 4 heteroatoms. The third kappa shape index (κ3) is 1.54. The lowest BCUT2D eigenvalue weighted by molar-refractivity contribution is 0.160. The molecule has 0 saturated heterocycles. The van der Waals surface area contributed by atoms with Gasteiger partial charge in [0.1, 0.15) is 11.5 Å². The smallest absolute Gasteiger partial charge is 0.123 e. The second kappa shape index (κ2) is 3.86. The minimum atomic E-state index is 0.361. The van der Waals surface area contributed by atoms with Crippen molar-refractivity contribution < 1.29 is 14.7 Å². The van der Waals surface area contributed by atoms with Gasteiger partial charge in [-0.3, -0.25) is 0 Å². The Bertz CT molecular complexity index is 338. The van der Waals surface area contributed by atoms with Crippen LogP contribution in [-0.2, 0) is 13.0 Å². The minimum Gasteiger partial charge on any atom is -0.496 e. The van der Waals surface area contributed by atoms with E-state index in [1.807, 2.05) is 12.1 Å². The summed E-state index contributed by atoms with van der Waals surface area (Å²) >= 11 is 0. The second-order valence-corrected chi connectivity index (χ2v) is 3.21. The highest BCUT2D eigenvalue weighted by atomic mass is 16.5. The molecule has 2 rings (SSSR count). The molecular formula is C10H13NO3. The van der Waals surface area contributed by atoms with Gasteiger partial charge in [0, 0.05) is 24.1 Å². The second-order valence-electron chi connectivity index (χ2n) is 3.21. The van der Waals surface area contributed by atoms with Crippen molar-refractivity contribution in [2.75, 3.05) is 13.7 Å². The quantitative estimate of drug-likeness (QED) is 0.709. The molecule has 1 aromatic carbocycles. The summed E-state index contributed by atoms with van der Waals surface area (Å²) in [5, 5.41) is 8.64. The third-order valence-electron chi connectivity index (χ3n) is 2.36. The van der Waals surface area contributed by atoms with Gasteiger partial charge in [0.15, 0.2) is 0 Å². The molecule has 76 valence electrons. The van der Waals surface area contributed by atoms with Crippen LogP contribution >= 0.6 is 0 Å². The van der Waals surface area contributed by atoms with Crippen LogP contribution in [0.5, 0.6) is 11.5 Å². The molecule has 0 spiro atoms. The first-order valence-electron chi connectivity index (χ1n) is 4.54. The van der Waals surface area contributed by atoms with E-state index < -0.39 is 0 Å². The molecule has 0 atom stereocenters. The van der Waals surface area contributed by atoms with E-state index in [-0.39, 0.29) is 0 Å². The van der Waals surface area contributed by atoms with E-state index in [1.165, 1.54) is 5.56 Å². The van der Waals surface area contributed by atoms with E-state index in [9.17, 15) is 0 Å². The van der Waals surface area contributed by atoms with Crippen LogP contribution in [0.4, 0.5) is 0 Å². The van der Waals surface area contributed by atoms with E-state index in [1.54, 1.807) is 7.11 Å². The lowest BCUT2D eigenvalue weighted by Crippen LogP contribution is -2.07. The van der Waals surface area contributed by atoms with Crippen molar-refractivity contribution in [3.05, 3.63) is 23.3 Å². The Morgan fingerprint density at radius 1 is 1.57 bits per heavy atom. The molecule has 0 amide bonds. The first-order valence-corrected chi connectivity index (χ1v) is 4.54. The molecular weight excluding hydrogens is 182 g/mol. The van der Waals surface area contributed by atoms with Gasteiger partial charge in [-0.25, -0.2) is 5.48 Å². The van der Waals surface area contributed by atoms with Crippen molar-refractivity contribution in [2.45, 2.75) is 13.0 Å². The summed E-state index contributed by atoms with van der Waals surface area (Å²) in [5.74, 6) is 1.69. The van der Waals surface area contributed by atoms with Gasteiger partial charge in [-0.15, -0.1) is 0 Å². The molecule has 14 heavy (non-hydrogen) atoms. The Balaban J connectivity index is 2.38. The number of fused-ring (bicyclic) bond motifs is 1. The summed E-state index contributed by atoms with van der Waals surface area (Å²) in [6.45, 7) is 1.09. The van der Waals surface area contributed by atoms with Gasteiger partial charge in [-0.05, 0) is 12.1 Å². The van der Waals surface area contributed by atoms with E-state index in [0.29, 0.717) is 6.54 Å². The molecule has 0 fully saturated rings. The van der Waals surface area contributed by atoms with Gasteiger partial charge in [0.2, 0.25) is 0 Å². The molecule has 0 unspecified atom stereocenters. The van der Waals surface area contributed by atoms with Gasteiger partial charge < -0.3 is 14.7 Å². The van der Waals surface area contributed by atoms with Crippen molar-refractivity contribution in [2.24, 2.45) is 0 Å². The average molecular weight is 195 g/mol. The Kier molecular flexibility index (Phi) is 2.56. The molecule has 2 N–H and O–H groups in total. The molecule has 0 saturated carbocycles. The Morgan fingerprint density at radius 2 is 2.43 bits per heavy atom. The van der Waals surface area contributed by atoms with E-state index in [4.69, 9.17) is 14.7 Å². The molecule has 1 heterocycles. The van der Waals surface area contributed by atoms with Gasteiger partial charge in [-0.1, -0.05) is 0 Å². The first kappa shape index (κ1) is 9.30. The number of hydroxylamine groups is 1. The van der Waals surface area contributed by atoms with Gasteiger partial charge in [-0.2, -0.15) is 0 Å². The van der Waals surface area contributed by atoms with E-state index in [2.05, 4.69) is 5.48 Å². The molecule has 0 aromatic heterocycles. The van der Waals surface area contributed by atoms with E-state index in [0.717, 1.165) is 30.1 Å². The standard InChI is InChI=1S/C10H13NO3/c1-13-9-4-7-2-3-14-10(7)5-8(9)6-11-12/h4-5,11-12H,2-3,6H2,1H3. The predicted molar refractivity (Wildman–Crippen MR) is 50.8 cm³/mol. The summed E-state index contributed by atoms with van der Waals surface area (Å²) in [6, 6.07) is 3.87. The highest BCUT2D eigenvalue weighted by molar-refractivity contribution is 5.48. The number of hydrogen-bond donors (Lipinski definition) is 2. The predicted octanol–water partition coefficient (Wildman–Crippen LogP) is 1.11. The van der Waals surface area contributed by atoms with Crippen LogP contribution in [-0.4, -0.2) is 18.9 Å². The van der Waals surface area contributed by atoms with Gasteiger partial charge in [0.25, 0.3) is 0 Å². The van der Waals surface area contributed by atoms with Crippen LogP contribution in [0.15, 0.2) is 12.1 Å². The number of ether oxygens (including phenoxy) is 2. The lowest BCUT2D eigenvalue weighted by atomic mass is 10.1. The van der Waals surface area contributed by atoms with Crippen LogP contribution in [0, 0.1) is 0 Å². The van der Waals surface area contributed by atoms with Crippen LogP contribution in [0.1, 0.15) is 11.1 Å². The zero-order valence-electron chi connectivity index (χ0n) is 8.04. The number of methoxy groups -OCH3 is 1. The summed E-state index contributed by atoms with van der Waals surface area (Å²) in [7, 11) is 1.62. The molecule has 1 aromatic rings. The van der Waals surface area contributed by atoms with Crippen molar-refractivity contribution in [1.82, 2.24) is 5.48 Å². The molecule has 1 aliphatic heterocycles. The molecule has 0 bridgehead atoms. The van der Waals surface area contributed by atoms with Crippen molar-refractivity contribution >= 4 is 0 Å². The molecule has 0 radical (unpaired) electrons. The summed E-state index contributed by atoms with van der Waals surface area (Å²) in [4.78, 5) is 0. The van der Waals surface area contributed by atoms with Crippen molar-refractivity contribution in [1.29, 1.82) is 0 Å². The Morgan fingerprint density at radius 3 is 3.14 bits per heavy atom. The fourth-order valence-corrected chi connectivity index (χ4v) is 1.66. The zero-order valence-corrected chi connectivity index (χ0v) is 8.04. The van der Waals surface area contributed by atoms with Crippen molar-refractivity contribution in [3.63, 3.8) is 0 Å². The topological polar surface area (TPSA) is 50.7 Å². The van der Waals surface area contributed by atoms with Gasteiger partial charge >= 0.3 is 0 Å². The largest absolute Gasteiger partial charge is 0.496 e. The van der Waals surface area contributed by atoms with Crippen LogP contribution in [0.25, 0.3) is 0 Å². The molecule has 1 aliphatic rings. The number of benzene rings is 1. The van der Waals surface area contributed by atoms with Gasteiger partial charge in [0.05, 0.1) is 13.7 Å². The SMILES string of the molecule is COc1cc2c(cc1CNO)OCC2. The average Bonchev–Trinajstić information content (AvgIpc) is 2.64. The summed E-state index contributed by atoms with van der Waals surface area (Å²) < 4.78 is 10.6. The number of rotatable bonds is 3. The number of nitrogens with one attached hydrogen (secondary N) is 1. The first-order chi connectivity index (χ1) is 6.85. The van der Waals surface area contributed by atoms with Crippen LogP contribution in [0.3, 0.4) is 0 Å². The maximum atomic E-state index is 8.64. The molecule has 4 nitrogen and oxygen atoms in total. The summed E-state index contributed by atoms with van der Waals surface area (Å²) in [6.07, 6.45) is 0.929. The Labute approximate surface area is 82.4 Å². The Hall–Kier alpha value is -1.26.